The minimum absolute atomic E-state index is 0.196. The molecule has 1 aliphatic heterocycles. The molecule has 0 aromatic carbocycles. The van der Waals surface area contributed by atoms with E-state index < -0.39 is 22.2 Å². The van der Waals surface area contributed by atoms with Crippen LogP contribution in [0.4, 0.5) is 0 Å². The van der Waals surface area contributed by atoms with Gasteiger partial charge >= 0.3 is 5.97 Å². The van der Waals surface area contributed by atoms with Crippen molar-refractivity contribution in [2.45, 2.75) is 12.5 Å². The van der Waals surface area contributed by atoms with Gasteiger partial charge in [0.05, 0.1) is 13.2 Å². The number of ether oxygens (including phenoxy) is 1. The predicted molar refractivity (Wildman–Crippen MR) is 59.3 cm³/mol. The molecule has 0 amide bonds. The van der Waals surface area contributed by atoms with Crippen molar-refractivity contribution in [1.82, 2.24) is 9.03 Å². The Morgan fingerprint density at radius 2 is 2.12 bits per heavy atom. The summed E-state index contributed by atoms with van der Waals surface area (Å²) < 4.78 is 31.8. The first-order chi connectivity index (χ1) is 7.97. The molecule has 0 bridgehead atoms. The summed E-state index contributed by atoms with van der Waals surface area (Å²) in [5.41, 5.74) is 0. The highest BCUT2D eigenvalue weighted by Gasteiger charge is 2.29. The Balaban J connectivity index is 2.69. The van der Waals surface area contributed by atoms with Crippen LogP contribution in [0.2, 0.25) is 0 Å². The van der Waals surface area contributed by atoms with Gasteiger partial charge in [-0.1, -0.05) is 0 Å². The maximum Gasteiger partial charge on any atom is 0.322 e. The van der Waals surface area contributed by atoms with Crippen LogP contribution >= 0.6 is 0 Å². The second-order valence-corrected chi connectivity index (χ2v) is 5.14. The maximum atomic E-state index is 11.8. The van der Waals surface area contributed by atoms with Crippen molar-refractivity contribution in [3.63, 3.8) is 0 Å². The van der Waals surface area contributed by atoms with Crippen LogP contribution in [0.3, 0.4) is 0 Å². The smallest absolute Gasteiger partial charge is 0.322 e. The fourth-order valence-electron chi connectivity index (χ4n) is 1.34. The third kappa shape index (κ3) is 3.98. The van der Waals surface area contributed by atoms with Crippen molar-refractivity contribution in [1.29, 1.82) is 0 Å². The Morgan fingerprint density at radius 3 is 2.59 bits per heavy atom. The van der Waals surface area contributed by atoms with Crippen molar-refractivity contribution in [3.8, 4) is 12.3 Å². The van der Waals surface area contributed by atoms with E-state index in [2.05, 4.69) is 10.6 Å². The molecule has 0 aromatic heterocycles. The zero-order chi connectivity index (χ0) is 12.9. The van der Waals surface area contributed by atoms with Crippen LogP contribution in [0.25, 0.3) is 0 Å². The van der Waals surface area contributed by atoms with Crippen LogP contribution < -0.4 is 4.72 Å². The summed E-state index contributed by atoms with van der Waals surface area (Å²) in [7, 11) is -3.82. The highest BCUT2D eigenvalue weighted by atomic mass is 32.2. The molecule has 1 saturated heterocycles. The predicted octanol–water partition coefficient (Wildman–Crippen LogP) is -1.37. The van der Waals surface area contributed by atoms with Gasteiger partial charge in [0.2, 0.25) is 0 Å². The van der Waals surface area contributed by atoms with Gasteiger partial charge in [0, 0.05) is 19.5 Å². The topological polar surface area (TPSA) is 95.9 Å². The molecule has 0 spiro atoms. The fourth-order valence-corrected chi connectivity index (χ4v) is 2.66. The van der Waals surface area contributed by atoms with Crippen molar-refractivity contribution in [3.05, 3.63) is 0 Å². The lowest BCUT2D eigenvalue weighted by atomic mass is 10.2. The maximum absolute atomic E-state index is 11.8. The number of nitrogens with one attached hydrogen (secondary N) is 1. The Bertz CT molecular complexity index is 408. The SMILES string of the molecule is C#CCC(NS(=O)(=O)N1CCOCC1)C(=O)O. The van der Waals surface area contributed by atoms with E-state index in [-0.39, 0.29) is 19.5 Å². The first-order valence-electron chi connectivity index (χ1n) is 4.99. The van der Waals surface area contributed by atoms with Crippen LogP contribution in [0.15, 0.2) is 0 Å². The number of hydrogen-bond donors (Lipinski definition) is 2. The molecule has 17 heavy (non-hydrogen) atoms. The number of hydrogen-bond acceptors (Lipinski definition) is 4. The molecule has 0 aliphatic carbocycles. The van der Waals surface area contributed by atoms with Crippen molar-refractivity contribution >= 4 is 16.2 Å². The summed E-state index contributed by atoms with van der Waals surface area (Å²) in [6, 6.07) is -1.30. The van der Waals surface area contributed by atoms with Crippen molar-refractivity contribution < 1.29 is 23.1 Å². The Kier molecular flexibility index (Phi) is 4.89. The monoisotopic (exact) mass is 262 g/mol. The molecule has 0 aromatic rings. The standard InChI is InChI=1S/C9H14N2O5S/c1-2-3-8(9(12)13)10-17(14,15)11-4-6-16-7-5-11/h1,8,10H,3-7H2,(H,12,13). The third-order valence-electron chi connectivity index (χ3n) is 2.22. The van der Waals surface area contributed by atoms with E-state index in [1.54, 1.807) is 0 Å². The molecule has 0 radical (unpaired) electrons. The van der Waals surface area contributed by atoms with E-state index in [1.165, 1.54) is 0 Å². The number of morpholine rings is 1. The fraction of sp³-hybridized carbons (Fsp3) is 0.667. The zero-order valence-electron chi connectivity index (χ0n) is 9.13. The summed E-state index contributed by atoms with van der Waals surface area (Å²) in [6.45, 7) is 1.01. The first kappa shape index (κ1) is 13.9. The molecule has 8 heteroatoms. The van der Waals surface area contributed by atoms with E-state index in [9.17, 15) is 13.2 Å². The molecular formula is C9H14N2O5S. The summed E-state index contributed by atoms with van der Waals surface area (Å²) in [4.78, 5) is 10.8. The minimum Gasteiger partial charge on any atom is -0.480 e. The third-order valence-corrected chi connectivity index (χ3v) is 3.85. The largest absolute Gasteiger partial charge is 0.480 e. The second-order valence-electron chi connectivity index (χ2n) is 3.43. The van der Waals surface area contributed by atoms with E-state index in [0.29, 0.717) is 13.2 Å². The Morgan fingerprint density at radius 1 is 1.53 bits per heavy atom. The van der Waals surface area contributed by atoms with E-state index >= 15 is 0 Å². The molecule has 1 aliphatic rings. The van der Waals surface area contributed by atoms with Crippen LogP contribution in [-0.4, -0.2) is 56.1 Å². The summed E-state index contributed by atoms with van der Waals surface area (Å²) in [6.07, 6.45) is 4.79. The zero-order valence-corrected chi connectivity index (χ0v) is 9.94. The molecule has 1 atom stereocenters. The highest BCUT2D eigenvalue weighted by molar-refractivity contribution is 7.87. The Hall–Kier alpha value is -1.14. The number of aliphatic carboxylic acids is 1. The van der Waals surface area contributed by atoms with Crippen molar-refractivity contribution in [2.24, 2.45) is 0 Å². The molecular weight excluding hydrogens is 248 g/mol. The molecule has 1 unspecified atom stereocenters. The summed E-state index contributed by atoms with van der Waals surface area (Å²) in [5, 5.41) is 8.80. The van der Waals surface area contributed by atoms with Gasteiger partial charge in [-0.05, 0) is 0 Å². The van der Waals surface area contributed by atoms with Gasteiger partial charge < -0.3 is 9.84 Å². The van der Waals surface area contributed by atoms with Crippen LogP contribution in [0, 0.1) is 12.3 Å². The number of carboxylic acids is 1. The average molecular weight is 262 g/mol. The normalized spacial score (nSPS) is 19.5. The lowest BCUT2D eigenvalue weighted by Crippen LogP contribution is -2.51. The van der Waals surface area contributed by atoms with Gasteiger partial charge in [0.1, 0.15) is 6.04 Å². The minimum atomic E-state index is -3.82. The molecule has 1 fully saturated rings. The Labute approximate surface area is 99.9 Å². The van der Waals surface area contributed by atoms with E-state index in [1.807, 2.05) is 0 Å². The van der Waals surface area contributed by atoms with Crippen LogP contribution in [-0.2, 0) is 19.7 Å². The van der Waals surface area contributed by atoms with Crippen LogP contribution in [0.5, 0.6) is 0 Å². The highest BCUT2D eigenvalue weighted by Crippen LogP contribution is 2.05. The molecule has 96 valence electrons. The van der Waals surface area contributed by atoms with Gasteiger partial charge in [-0.15, -0.1) is 12.3 Å². The first-order valence-corrected chi connectivity index (χ1v) is 6.43. The van der Waals surface area contributed by atoms with Gasteiger partial charge in [-0.2, -0.15) is 17.4 Å². The van der Waals surface area contributed by atoms with E-state index in [0.717, 1.165) is 4.31 Å². The average Bonchev–Trinajstić information content (AvgIpc) is 2.29. The van der Waals surface area contributed by atoms with Gasteiger partial charge in [0.25, 0.3) is 10.2 Å². The molecule has 2 N–H and O–H groups in total. The quantitative estimate of drug-likeness (QED) is 0.596. The summed E-state index contributed by atoms with van der Waals surface area (Å²) >= 11 is 0. The second kappa shape index (κ2) is 5.97. The van der Waals surface area contributed by atoms with Gasteiger partial charge in [0.15, 0.2) is 0 Å². The van der Waals surface area contributed by atoms with Crippen LogP contribution in [0.1, 0.15) is 6.42 Å². The molecule has 7 nitrogen and oxygen atoms in total. The lowest BCUT2D eigenvalue weighted by molar-refractivity contribution is -0.138. The number of carboxylic acid groups (broad SMARTS) is 1. The summed E-state index contributed by atoms with van der Waals surface area (Å²) in [5.74, 6) is 0.832. The van der Waals surface area contributed by atoms with Gasteiger partial charge in [-0.25, -0.2) is 0 Å². The van der Waals surface area contributed by atoms with Gasteiger partial charge in [-0.3, -0.25) is 4.79 Å². The number of nitrogens with zero attached hydrogens (tertiary/aromatic N) is 1. The van der Waals surface area contributed by atoms with E-state index in [4.69, 9.17) is 16.3 Å². The van der Waals surface area contributed by atoms with Crippen molar-refractivity contribution in [2.75, 3.05) is 26.3 Å². The molecule has 1 heterocycles. The number of terminal acetylenes is 1. The molecule has 0 saturated carbocycles. The lowest BCUT2D eigenvalue weighted by Gasteiger charge is -2.27. The number of rotatable bonds is 5. The number of carbonyl (C=O) groups is 1. The molecule has 1 rings (SSSR count).